The van der Waals surface area contributed by atoms with Crippen molar-refractivity contribution in [3.8, 4) is 17.5 Å². The molecule has 0 aliphatic carbocycles. The smallest absolute Gasteiger partial charge is 0.416 e. The van der Waals surface area contributed by atoms with Crippen LogP contribution in [0.15, 0.2) is 34.7 Å². The Hall–Kier alpha value is -2.04. The Kier molecular flexibility index (Phi) is 4.55. The monoisotopic (exact) mass is 324 g/mol. The maximum Gasteiger partial charge on any atom is 0.417 e. The quantitative estimate of drug-likeness (QED) is 0.553. The van der Waals surface area contributed by atoms with Crippen LogP contribution in [0, 0.1) is 0 Å². The van der Waals surface area contributed by atoms with Gasteiger partial charge in [0, 0.05) is 5.56 Å². The SMILES string of the molecule is OC[C@H]1O[C@@H](Oc2nnc(-c3ccccc3)o2)[C@H](O)[C@@H](O)[C@@H]1O. The van der Waals surface area contributed by atoms with Gasteiger partial charge in [-0.15, -0.1) is 5.10 Å². The van der Waals surface area contributed by atoms with Gasteiger partial charge in [-0.3, -0.25) is 0 Å². The largest absolute Gasteiger partial charge is 0.417 e. The van der Waals surface area contributed by atoms with Crippen molar-refractivity contribution in [1.29, 1.82) is 0 Å². The summed E-state index contributed by atoms with van der Waals surface area (Å²) in [6.07, 6.45) is -7.25. The minimum atomic E-state index is -1.54. The van der Waals surface area contributed by atoms with Crippen molar-refractivity contribution >= 4 is 0 Å². The molecule has 4 N–H and O–H groups in total. The van der Waals surface area contributed by atoms with E-state index in [-0.39, 0.29) is 12.0 Å². The number of aliphatic hydroxyl groups is 4. The van der Waals surface area contributed by atoms with E-state index in [1.807, 2.05) is 6.07 Å². The summed E-state index contributed by atoms with van der Waals surface area (Å²) in [6.45, 7) is -0.552. The van der Waals surface area contributed by atoms with E-state index < -0.39 is 37.3 Å². The van der Waals surface area contributed by atoms with Gasteiger partial charge in [-0.05, 0) is 12.1 Å². The van der Waals surface area contributed by atoms with Crippen LogP contribution in [0.3, 0.4) is 0 Å². The third-order valence-corrected chi connectivity index (χ3v) is 3.49. The highest BCUT2D eigenvalue weighted by Gasteiger charge is 2.45. The van der Waals surface area contributed by atoms with E-state index in [4.69, 9.17) is 19.0 Å². The molecular weight excluding hydrogens is 308 g/mol. The molecule has 0 unspecified atom stereocenters. The lowest BCUT2D eigenvalue weighted by Gasteiger charge is -2.38. The van der Waals surface area contributed by atoms with Crippen LogP contribution < -0.4 is 4.74 Å². The van der Waals surface area contributed by atoms with Gasteiger partial charge in [-0.1, -0.05) is 23.3 Å². The van der Waals surface area contributed by atoms with Crippen molar-refractivity contribution in [1.82, 2.24) is 10.2 Å². The molecule has 1 aromatic carbocycles. The first-order chi connectivity index (χ1) is 11.1. The maximum absolute atomic E-state index is 9.87. The van der Waals surface area contributed by atoms with Crippen LogP contribution in [-0.4, -0.2) is 67.9 Å². The molecule has 2 heterocycles. The molecule has 0 bridgehead atoms. The van der Waals surface area contributed by atoms with E-state index in [1.54, 1.807) is 24.3 Å². The van der Waals surface area contributed by atoms with Crippen LogP contribution in [0.4, 0.5) is 0 Å². The van der Waals surface area contributed by atoms with E-state index in [0.29, 0.717) is 5.56 Å². The molecular formula is C14H16N2O7. The molecule has 9 nitrogen and oxygen atoms in total. The number of ether oxygens (including phenoxy) is 2. The van der Waals surface area contributed by atoms with Gasteiger partial charge < -0.3 is 34.3 Å². The van der Waals surface area contributed by atoms with Crippen molar-refractivity contribution in [2.45, 2.75) is 30.7 Å². The molecule has 1 aromatic heterocycles. The van der Waals surface area contributed by atoms with Crippen LogP contribution in [-0.2, 0) is 4.74 Å². The summed E-state index contributed by atoms with van der Waals surface area (Å²) < 4.78 is 15.7. The predicted molar refractivity (Wildman–Crippen MR) is 74.1 cm³/mol. The second kappa shape index (κ2) is 6.60. The number of benzene rings is 1. The summed E-state index contributed by atoms with van der Waals surface area (Å²) in [5.74, 6) is 0.213. The fourth-order valence-electron chi connectivity index (χ4n) is 2.22. The van der Waals surface area contributed by atoms with Gasteiger partial charge in [0.05, 0.1) is 6.61 Å². The summed E-state index contributed by atoms with van der Waals surface area (Å²) >= 11 is 0. The lowest BCUT2D eigenvalue weighted by molar-refractivity contribution is -0.280. The zero-order valence-corrected chi connectivity index (χ0v) is 11.9. The van der Waals surface area contributed by atoms with Crippen molar-refractivity contribution < 1.29 is 34.3 Å². The fourth-order valence-corrected chi connectivity index (χ4v) is 2.22. The van der Waals surface area contributed by atoms with Crippen LogP contribution in [0.25, 0.3) is 11.5 Å². The van der Waals surface area contributed by atoms with Crippen molar-refractivity contribution in [3.63, 3.8) is 0 Å². The second-order valence-corrected chi connectivity index (χ2v) is 5.05. The van der Waals surface area contributed by atoms with E-state index >= 15 is 0 Å². The Morgan fingerprint density at radius 3 is 2.43 bits per heavy atom. The normalized spacial score (nSPS) is 31.0. The number of aliphatic hydroxyl groups excluding tert-OH is 4. The molecule has 0 amide bonds. The Balaban J connectivity index is 1.73. The molecule has 0 radical (unpaired) electrons. The standard InChI is InChI=1S/C14H16N2O7/c17-6-8-9(18)10(19)11(20)13(21-8)23-14-16-15-12(22-14)7-4-2-1-3-5-7/h1-5,8-11,13,17-20H,6H2/t8-,9-,10+,11-,13+/m1/s1. The molecule has 124 valence electrons. The van der Waals surface area contributed by atoms with E-state index in [9.17, 15) is 15.3 Å². The number of hydrogen-bond acceptors (Lipinski definition) is 9. The highest BCUT2D eigenvalue weighted by molar-refractivity contribution is 5.51. The molecule has 23 heavy (non-hydrogen) atoms. The van der Waals surface area contributed by atoms with Gasteiger partial charge in [-0.25, -0.2) is 0 Å². The van der Waals surface area contributed by atoms with Crippen LogP contribution in [0.5, 0.6) is 6.08 Å². The predicted octanol–water partition coefficient (Wildman–Crippen LogP) is -1.08. The summed E-state index contributed by atoms with van der Waals surface area (Å²) in [6, 6.07) is 8.98. The molecule has 1 saturated heterocycles. The van der Waals surface area contributed by atoms with Gasteiger partial charge in [0.2, 0.25) is 6.29 Å². The van der Waals surface area contributed by atoms with Gasteiger partial charge in [0.25, 0.3) is 5.89 Å². The average molecular weight is 324 g/mol. The highest BCUT2D eigenvalue weighted by Crippen LogP contribution is 2.25. The molecule has 5 atom stereocenters. The third-order valence-electron chi connectivity index (χ3n) is 3.49. The van der Waals surface area contributed by atoms with E-state index in [0.717, 1.165) is 0 Å². The topological polar surface area (TPSA) is 138 Å². The highest BCUT2D eigenvalue weighted by atomic mass is 16.7. The Bertz CT molecular complexity index is 633. The molecule has 9 heteroatoms. The summed E-state index contributed by atoms with van der Waals surface area (Å²) in [5.41, 5.74) is 0.684. The van der Waals surface area contributed by atoms with Crippen LogP contribution in [0.2, 0.25) is 0 Å². The van der Waals surface area contributed by atoms with Crippen molar-refractivity contribution in [3.05, 3.63) is 30.3 Å². The third kappa shape index (κ3) is 3.19. The first kappa shape index (κ1) is 15.8. The average Bonchev–Trinajstić information content (AvgIpc) is 3.05. The van der Waals surface area contributed by atoms with Gasteiger partial charge in [0.1, 0.15) is 24.4 Å². The molecule has 1 aliphatic heterocycles. The summed E-state index contributed by atoms with van der Waals surface area (Å²) in [5, 5.41) is 45.9. The zero-order chi connectivity index (χ0) is 16.4. The van der Waals surface area contributed by atoms with Crippen molar-refractivity contribution in [2.75, 3.05) is 6.61 Å². The number of hydrogen-bond donors (Lipinski definition) is 4. The summed E-state index contributed by atoms with van der Waals surface area (Å²) in [4.78, 5) is 0. The minimum Gasteiger partial charge on any atom is -0.416 e. The number of nitrogens with zero attached hydrogens (tertiary/aromatic N) is 2. The van der Waals surface area contributed by atoms with Crippen LogP contribution >= 0.6 is 0 Å². The molecule has 1 aliphatic rings. The minimum absolute atomic E-state index is 0.213. The van der Waals surface area contributed by atoms with Gasteiger partial charge in [-0.2, -0.15) is 0 Å². The Morgan fingerprint density at radius 2 is 1.74 bits per heavy atom. The first-order valence-electron chi connectivity index (χ1n) is 6.96. The lowest BCUT2D eigenvalue weighted by atomic mass is 9.99. The number of aromatic nitrogens is 2. The maximum atomic E-state index is 9.87. The van der Waals surface area contributed by atoms with E-state index in [2.05, 4.69) is 10.2 Å². The number of rotatable bonds is 4. The molecule has 2 aromatic rings. The fraction of sp³-hybridized carbons (Fsp3) is 0.429. The molecule has 1 fully saturated rings. The zero-order valence-electron chi connectivity index (χ0n) is 11.9. The van der Waals surface area contributed by atoms with Crippen molar-refractivity contribution in [2.24, 2.45) is 0 Å². The molecule has 3 rings (SSSR count). The molecule has 0 saturated carbocycles. The Labute approximate surface area is 130 Å². The lowest BCUT2D eigenvalue weighted by Crippen LogP contribution is -2.60. The second-order valence-electron chi connectivity index (χ2n) is 5.05. The Morgan fingerprint density at radius 1 is 1.00 bits per heavy atom. The van der Waals surface area contributed by atoms with Crippen LogP contribution in [0.1, 0.15) is 0 Å². The van der Waals surface area contributed by atoms with Gasteiger partial charge in [0.15, 0.2) is 0 Å². The first-order valence-corrected chi connectivity index (χ1v) is 6.96. The molecule has 0 spiro atoms. The van der Waals surface area contributed by atoms with Gasteiger partial charge >= 0.3 is 6.08 Å². The van der Waals surface area contributed by atoms with E-state index in [1.165, 1.54) is 0 Å². The summed E-state index contributed by atoms with van der Waals surface area (Å²) in [7, 11) is 0.